The quantitative estimate of drug-likeness (QED) is 0.684. The first kappa shape index (κ1) is 13.7. The lowest BCUT2D eigenvalue weighted by Crippen LogP contribution is -2.29. The molecule has 2 aliphatic carbocycles. The number of ether oxygens (including phenoxy) is 1. The van der Waals surface area contributed by atoms with E-state index in [0.29, 0.717) is 4.83 Å². The summed E-state index contributed by atoms with van der Waals surface area (Å²) in [5.41, 5.74) is 0. The molecule has 1 nitrogen and oxygen atoms in total. The van der Waals surface area contributed by atoms with Gasteiger partial charge in [-0.25, -0.2) is 0 Å². The van der Waals surface area contributed by atoms with Gasteiger partial charge in [0.2, 0.25) is 0 Å². The average molecular weight is 311 g/mol. The Hall–Kier alpha value is 0.300. The molecule has 4 heteroatoms. The smallest absolute Gasteiger partial charge is 0.320 e. The van der Waals surface area contributed by atoms with Crippen LogP contribution in [0, 0.1) is 11.8 Å². The molecule has 0 heterocycles. The second-order valence-electron chi connectivity index (χ2n) is 5.45. The van der Waals surface area contributed by atoms with E-state index in [1.54, 1.807) is 0 Å². The van der Waals surface area contributed by atoms with Gasteiger partial charge < -0.3 is 4.74 Å². The van der Waals surface area contributed by atoms with E-state index in [9.17, 15) is 8.78 Å². The van der Waals surface area contributed by atoms with Gasteiger partial charge in [-0.3, -0.25) is 0 Å². The summed E-state index contributed by atoms with van der Waals surface area (Å²) in [6.07, 6.45) is 8.77. The molecule has 0 aromatic carbocycles. The Kier molecular flexibility index (Phi) is 5.22. The zero-order valence-corrected chi connectivity index (χ0v) is 11.7. The Morgan fingerprint density at radius 1 is 0.824 bits per heavy atom. The number of halogens is 3. The van der Waals surface area contributed by atoms with Crippen molar-refractivity contribution in [2.24, 2.45) is 11.8 Å². The second-order valence-corrected chi connectivity index (χ2v) is 6.74. The van der Waals surface area contributed by atoms with Gasteiger partial charge in [-0.15, -0.1) is 0 Å². The van der Waals surface area contributed by atoms with Crippen molar-refractivity contribution < 1.29 is 13.5 Å². The van der Waals surface area contributed by atoms with Gasteiger partial charge in [0.15, 0.2) is 0 Å². The molecule has 0 aromatic rings. The minimum atomic E-state index is -2.60. The summed E-state index contributed by atoms with van der Waals surface area (Å²) in [5, 5.41) is 0. The predicted molar refractivity (Wildman–Crippen MR) is 67.5 cm³/mol. The van der Waals surface area contributed by atoms with Crippen LogP contribution in [0.4, 0.5) is 8.78 Å². The molecule has 0 spiro atoms. The molecule has 100 valence electrons. The highest BCUT2D eigenvalue weighted by atomic mass is 79.9. The first-order valence-corrected chi connectivity index (χ1v) is 7.64. The van der Waals surface area contributed by atoms with Crippen LogP contribution in [0.5, 0.6) is 0 Å². The van der Waals surface area contributed by atoms with Gasteiger partial charge in [0.25, 0.3) is 0 Å². The lowest BCUT2D eigenvalue weighted by atomic mass is 9.73. The molecule has 2 aliphatic rings. The standard InChI is InChI=1S/C13H21BrF2O/c14-11-5-1-9(2-6-11)10-3-7-12(8-4-10)17-13(15)16/h9-13H,1-8H2. The van der Waals surface area contributed by atoms with E-state index in [0.717, 1.165) is 37.5 Å². The summed E-state index contributed by atoms with van der Waals surface area (Å²) in [6.45, 7) is -2.60. The molecule has 0 aromatic heterocycles. The molecule has 0 amide bonds. The van der Waals surface area contributed by atoms with Crippen LogP contribution in [-0.2, 0) is 4.74 Å². The maximum Gasteiger partial charge on any atom is 0.345 e. The topological polar surface area (TPSA) is 9.23 Å². The van der Waals surface area contributed by atoms with Gasteiger partial charge in [0.1, 0.15) is 0 Å². The van der Waals surface area contributed by atoms with E-state index in [4.69, 9.17) is 0 Å². The van der Waals surface area contributed by atoms with Gasteiger partial charge in [0.05, 0.1) is 6.10 Å². The van der Waals surface area contributed by atoms with Gasteiger partial charge in [-0.05, 0) is 63.2 Å². The van der Waals surface area contributed by atoms with Crippen molar-refractivity contribution in [2.45, 2.75) is 68.9 Å². The van der Waals surface area contributed by atoms with Crippen molar-refractivity contribution in [3.63, 3.8) is 0 Å². The Bertz CT molecular complexity index is 221. The van der Waals surface area contributed by atoms with E-state index in [-0.39, 0.29) is 6.10 Å². The van der Waals surface area contributed by atoms with E-state index in [2.05, 4.69) is 20.7 Å². The largest absolute Gasteiger partial charge is 0.345 e. The van der Waals surface area contributed by atoms with Crippen molar-refractivity contribution >= 4 is 15.9 Å². The summed E-state index contributed by atoms with van der Waals surface area (Å²) < 4.78 is 28.8. The zero-order chi connectivity index (χ0) is 12.3. The molecule has 0 unspecified atom stereocenters. The maximum atomic E-state index is 12.1. The number of alkyl halides is 3. The van der Waals surface area contributed by atoms with Crippen LogP contribution in [0.25, 0.3) is 0 Å². The molecule has 17 heavy (non-hydrogen) atoms. The molecule has 2 fully saturated rings. The third-order valence-corrected chi connectivity index (χ3v) is 5.30. The van der Waals surface area contributed by atoms with Gasteiger partial charge >= 0.3 is 6.61 Å². The fourth-order valence-electron chi connectivity index (χ4n) is 3.39. The van der Waals surface area contributed by atoms with Crippen LogP contribution in [-0.4, -0.2) is 17.5 Å². The molecule has 0 radical (unpaired) electrons. The summed E-state index contributed by atoms with van der Waals surface area (Å²) in [4.78, 5) is 0.706. The first-order valence-electron chi connectivity index (χ1n) is 6.73. The molecule has 0 aliphatic heterocycles. The van der Waals surface area contributed by atoms with Gasteiger partial charge in [-0.2, -0.15) is 8.78 Å². The molecule has 0 N–H and O–H groups in total. The van der Waals surface area contributed by atoms with Crippen molar-refractivity contribution in [3.8, 4) is 0 Å². The lowest BCUT2D eigenvalue weighted by Gasteiger charge is -2.36. The number of hydrogen-bond donors (Lipinski definition) is 0. The van der Waals surface area contributed by atoms with Crippen LogP contribution in [0.1, 0.15) is 51.4 Å². The van der Waals surface area contributed by atoms with Crippen molar-refractivity contribution in [1.82, 2.24) is 0 Å². The highest BCUT2D eigenvalue weighted by Gasteiger charge is 2.31. The minimum absolute atomic E-state index is 0.196. The maximum absolute atomic E-state index is 12.1. The minimum Gasteiger partial charge on any atom is -0.320 e. The Labute approximate surface area is 110 Å². The van der Waals surface area contributed by atoms with Gasteiger partial charge in [0, 0.05) is 4.83 Å². The van der Waals surface area contributed by atoms with E-state index in [1.165, 1.54) is 25.7 Å². The van der Waals surface area contributed by atoms with Gasteiger partial charge in [-0.1, -0.05) is 15.9 Å². The number of hydrogen-bond acceptors (Lipinski definition) is 1. The van der Waals surface area contributed by atoms with Crippen molar-refractivity contribution in [3.05, 3.63) is 0 Å². The van der Waals surface area contributed by atoms with Crippen LogP contribution in [0.15, 0.2) is 0 Å². The molecule has 2 rings (SSSR count). The van der Waals surface area contributed by atoms with Crippen LogP contribution < -0.4 is 0 Å². The third kappa shape index (κ3) is 4.16. The molecule has 0 saturated heterocycles. The Morgan fingerprint density at radius 3 is 1.76 bits per heavy atom. The highest BCUT2D eigenvalue weighted by Crippen LogP contribution is 2.40. The number of rotatable bonds is 3. The Balaban J connectivity index is 1.71. The summed E-state index contributed by atoms with van der Waals surface area (Å²) in [7, 11) is 0. The fourth-order valence-corrected chi connectivity index (χ4v) is 3.92. The normalized spacial score (nSPS) is 39.5. The summed E-state index contributed by atoms with van der Waals surface area (Å²) in [5.74, 6) is 1.59. The van der Waals surface area contributed by atoms with Crippen molar-refractivity contribution in [2.75, 3.05) is 0 Å². The monoisotopic (exact) mass is 310 g/mol. The first-order chi connectivity index (χ1) is 8.15. The van der Waals surface area contributed by atoms with E-state index < -0.39 is 6.61 Å². The fraction of sp³-hybridized carbons (Fsp3) is 1.00. The lowest BCUT2D eigenvalue weighted by molar-refractivity contribution is -0.172. The molecule has 0 atom stereocenters. The zero-order valence-electron chi connectivity index (χ0n) is 10.1. The SMILES string of the molecule is FC(F)OC1CCC(C2CCC(Br)CC2)CC1. The molecule has 2 saturated carbocycles. The molecular formula is C13H21BrF2O. The molecule has 0 bridgehead atoms. The van der Waals surface area contributed by atoms with Crippen molar-refractivity contribution in [1.29, 1.82) is 0 Å². The van der Waals surface area contributed by atoms with Crippen LogP contribution in [0.2, 0.25) is 0 Å². The predicted octanol–water partition coefficient (Wildman–Crippen LogP) is 4.74. The third-order valence-electron chi connectivity index (χ3n) is 4.38. The second kappa shape index (κ2) is 6.46. The molecular weight excluding hydrogens is 290 g/mol. The van der Waals surface area contributed by atoms with E-state index in [1.807, 2.05) is 0 Å². The average Bonchev–Trinajstić information content (AvgIpc) is 2.30. The summed E-state index contributed by atoms with van der Waals surface area (Å²) in [6, 6.07) is 0. The van der Waals surface area contributed by atoms with Crippen LogP contribution >= 0.6 is 15.9 Å². The van der Waals surface area contributed by atoms with E-state index >= 15 is 0 Å². The highest BCUT2D eigenvalue weighted by molar-refractivity contribution is 9.09. The summed E-state index contributed by atoms with van der Waals surface area (Å²) >= 11 is 3.67. The van der Waals surface area contributed by atoms with Crippen LogP contribution in [0.3, 0.4) is 0 Å². The Morgan fingerprint density at radius 2 is 1.29 bits per heavy atom.